The van der Waals surface area contributed by atoms with Crippen LogP contribution in [-0.4, -0.2) is 19.3 Å². The predicted molar refractivity (Wildman–Crippen MR) is 68.7 cm³/mol. The normalized spacial score (nSPS) is 13.4. The second-order valence-electron chi connectivity index (χ2n) is 5.33. The second kappa shape index (κ2) is 4.96. The zero-order chi connectivity index (χ0) is 13.2. The number of aryl methyl sites for hydroxylation is 1. The Morgan fingerprint density at radius 1 is 1.06 bits per heavy atom. The minimum absolute atomic E-state index is 0.204. The molecule has 17 heavy (non-hydrogen) atoms. The summed E-state index contributed by atoms with van der Waals surface area (Å²) in [7, 11) is 3.21. The number of rotatable bonds is 3. The molecule has 0 bridgehead atoms. The smallest absolute Gasteiger partial charge is 0.161 e. The highest BCUT2D eigenvalue weighted by Gasteiger charge is 2.26. The maximum atomic E-state index is 10.3. The van der Waals surface area contributed by atoms with Crippen molar-refractivity contribution in [3.63, 3.8) is 0 Å². The van der Waals surface area contributed by atoms with E-state index in [4.69, 9.17) is 9.47 Å². The van der Waals surface area contributed by atoms with Crippen molar-refractivity contribution in [3.8, 4) is 11.5 Å². The van der Waals surface area contributed by atoms with Crippen LogP contribution < -0.4 is 9.47 Å². The summed E-state index contributed by atoms with van der Waals surface area (Å²) in [6, 6.07) is 3.74. The van der Waals surface area contributed by atoms with Gasteiger partial charge in [0.25, 0.3) is 0 Å². The maximum Gasteiger partial charge on any atom is 0.161 e. The van der Waals surface area contributed by atoms with E-state index in [-0.39, 0.29) is 5.41 Å². The molecular weight excluding hydrogens is 216 g/mol. The third kappa shape index (κ3) is 2.91. The van der Waals surface area contributed by atoms with Crippen molar-refractivity contribution in [2.75, 3.05) is 14.2 Å². The Labute approximate surface area is 103 Å². The first-order valence-corrected chi connectivity index (χ1v) is 5.71. The third-order valence-electron chi connectivity index (χ3n) is 2.89. The van der Waals surface area contributed by atoms with E-state index in [0.717, 1.165) is 11.1 Å². The van der Waals surface area contributed by atoms with Crippen molar-refractivity contribution in [2.45, 2.75) is 33.8 Å². The molecule has 0 amide bonds. The number of hydrogen-bond acceptors (Lipinski definition) is 3. The van der Waals surface area contributed by atoms with Crippen LogP contribution in [0, 0.1) is 12.3 Å². The minimum atomic E-state index is -0.526. The number of benzene rings is 1. The number of ether oxygens (including phenoxy) is 2. The van der Waals surface area contributed by atoms with Crippen LogP contribution >= 0.6 is 0 Å². The van der Waals surface area contributed by atoms with Gasteiger partial charge in [-0.1, -0.05) is 20.8 Å². The molecule has 1 N–H and O–H groups in total. The van der Waals surface area contributed by atoms with Crippen LogP contribution in [-0.2, 0) is 0 Å². The highest BCUT2D eigenvalue weighted by molar-refractivity contribution is 5.48. The summed E-state index contributed by atoms with van der Waals surface area (Å²) in [6.45, 7) is 7.99. The van der Waals surface area contributed by atoms with E-state index < -0.39 is 6.10 Å². The molecule has 1 aromatic rings. The van der Waals surface area contributed by atoms with Crippen LogP contribution in [0.2, 0.25) is 0 Å². The van der Waals surface area contributed by atoms with Gasteiger partial charge in [-0.3, -0.25) is 0 Å². The van der Waals surface area contributed by atoms with Gasteiger partial charge < -0.3 is 14.6 Å². The number of aliphatic hydroxyl groups is 1. The highest BCUT2D eigenvalue weighted by atomic mass is 16.5. The molecule has 3 nitrogen and oxygen atoms in total. The van der Waals surface area contributed by atoms with E-state index >= 15 is 0 Å². The summed E-state index contributed by atoms with van der Waals surface area (Å²) in [5.74, 6) is 1.34. The zero-order valence-electron chi connectivity index (χ0n) is 11.5. The van der Waals surface area contributed by atoms with E-state index in [2.05, 4.69) is 0 Å². The van der Waals surface area contributed by atoms with Crippen LogP contribution in [0.5, 0.6) is 11.5 Å². The molecule has 1 aromatic carbocycles. The van der Waals surface area contributed by atoms with Crippen LogP contribution in [0.15, 0.2) is 12.1 Å². The van der Waals surface area contributed by atoms with E-state index in [9.17, 15) is 5.11 Å². The molecule has 1 atom stereocenters. The molecule has 0 aliphatic heterocycles. The van der Waals surface area contributed by atoms with E-state index in [1.807, 2.05) is 39.8 Å². The topological polar surface area (TPSA) is 38.7 Å². The molecule has 0 radical (unpaired) electrons. The fraction of sp³-hybridized carbons (Fsp3) is 0.571. The van der Waals surface area contributed by atoms with Gasteiger partial charge in [0.2, 0.25) is 0 Å². The van der Waals surface area contributed by atoms with Gasteiger partial charge in [-0.05, 0) is 35.6 Å². The highest BCUT2D eigenvalue weighted by Crippen LogP contribution is 2.39. The lowest BCUT2D eigenvalue weighted by atomic mass is 9.83. The summed E-state index contributed by atoms with van der Waals surface area (Å²) in [5.41, 5.74) is 1.69. The zero-order valence-corrected chi connectivity index (χ0v) is 11.5. The molecule has 3 heteroatoms. The molecule has 0 fully saturated rings. The van der Waals surface area contributed by atoms with Crippen molar-refractivity contribution in [1.29, 1.82) is 0 Å². The standard InChI is InChI=1S/C14H22O3/c1-9-7-11(16-5)12(17-6)8-10(9)13(15)14(2,3)4/h7-8,13,15H,1-6H3. The molecule has 0 saturated heterocycles. The average Bonchev–Trinajstić information content (AvgIpc) is 2.26. The monoisotopic (exact) mass is 238 g/mol. The van der Waals surface area contributed by atoms with E-state index in [0.29, 0.717) is 11.5 Å². The molecule has 0 aliphatic rings. The number of methoxy groups -OCH3 is 2. The summed E-state index contributed by atoms with van der Waals surface area (Å²) >= 11 is 0. The Morgan fingerprint density at radius 2 is 1.53 bits per heavy atom. The van der Waals surface area contributed by atoms with Gasteiger partial charge in [0, 0.05) is 0 Å². The Morgan fingerprint density at radius 3 is 1.94 bits per heavy atom. The Hall–Kier alpha value is -1.22. The predicted octanol–water partition coefficient (Wildman–Crippen LogP) is 3.09. The average molecular weight is 238 g/mol. The Bertz CT molecular complexity index is 391. The van der Waals surface area contributed by atoms with Crippen LogP contribution in [0.4, 0.5) is 0 Å². The quantitative estimate of drug-likeness (QED) is 0.879. The second-order valence-corrected chi connectivity index (χ2v) is 5.33. The first-order chi connectivity index (χ1) is 7.81. The molecular formula is C14H22O3. The van der Waals surface area contributed by atoms with Gasteiger partial charge in [0.15, 0.2) is 11.5 Å². The first-order valence-electron chi connectivity index (χ1n) is 5.71. The molecule has 0 aromatic heterocycles. The summed E-state index contributed by atoms with van der Waals surface area (Å²) in [5, 5.41) is 10.3. The van der Waals surface area contributed by atoms with Gasteiger partial charge in [-0.15, -0.1) is 0 Å². The molecule has 1 rings (SSSR count). The van der Waals surface area contributed by atoms with Crippen LogP contribution in [0.1, 0.15) is 38.0 Å². The minimum Gasteiger partial charge on any atom is -0.493 e. The van der Waals surface area contributed by atoms with Crippen LogP contribution in [0.25, 0.3) is 0 Å². The SMILES string of the molecule is COc1cc(C)c(C(O)C(C)(C)C)cc1OC. The molecule has 0 spiro atoms. The largest absolute Gasteiger partial charge is 0.493 e. The van der Waals surface area contributed by atoms with Crippen molar-refractivity contribution in [2.24, 2.45) is 5.41 Å². The lowest BCUT2D eigenvalue weighted by molar-refractivity contribution is 0.0619. The fourth-order valence-corrected chi connectivity index (χ4v) is 1.76. The number of hydrogen-bond donors (Lipinski definition) is 1. The molecule has 0 aliphatic carbocycles. The Kier molecular flexibility index (Phi) is 4.04. The van der Waals surface area contributed by atoms with Gasteiger partial charge in [-0.2, -0.15) is 0 Å². The van der Waals surface area contributed by atoms with E-state index in [1.165, 1.54) is 0 Å². The van der Waals surface area contributed by atoms with Gasteiger partial charge in [0.1, 0.15) is 0 Å². The lowest BCUT2D eigenvalue weighted by Gasteiger charge is -2.28. The fourth-order valence-electron chi connectivity index (χ4n) is 1.76. The molecule has 0 heterocycles. The summed E-state index contributed by atoms with van der Waals surface area (Å²) in [6.07, 6.45) is -0.526. The van der Waals surface area contributed by atoms with Crippen molar-refractivity contribution >= 4 is 0 Å². The van der Waals surface area contributed by atoms with E-state index in [1.54, 1.807) is 14.2 Å². The molecule has 96 valence electrons. The van der Waals surface area contributed by atoms with Gasteiger partial charge in [0.05, 0.1) is 20.3 Å². The third-order valence-corrected chi connectivity index (χ3v) is 2.89. The lowest BCUT2D eigenvalue weighted by Crippen LogP contribution is -2.18. The van der Waals surface area contributed by atoms with Gasteiger partial charge in [-0.25, -0.2) is 0 Å². The molecule has 0 saturated carbocycles. The van der Waals surface area contributed by atoms with Crippen molar-refractivity contribution < 1.29 is 14.6 Å². The first kappa shape index (κ1) is 13.8. The Balaban J connectivity index is 3.26. The number of aliphatic hydroxyl groups excluding tert-OH is 1. The van der Waals surface area contributed by atoms with Crippen molar-refractivity contribution in [3.05, 3.63) is 23.3 Å². The van der Waals surface area contributed by atoms with Crippen molar-refractivity contribution in [1.82, 2.24) is 0 Å². The summed E-state index contributed by atoms with van der Waals surface area (Å²) in [4.78, 5) is 0. The van der Waals surface area contributed by atoms with Gasteiger partial charge >= 0.3 is 0 Å². The van der Waals surface area contributed by atoms with Crippen LogP contribution in [0.3, 0.4) is 0 Å². The molecule has 1 unspecified atom stereocenters. The maximum absolute atomic E-state index is 10.3. The summed E-state index contributed by atoms with van der Waals surface area (Å²) < 4.78 is 10.5.